The van der Waals surface area contributed by atoms with Gasteiger partial charge in [0, 0.05) is 24.3 Å². The van der Waals surface area contributed by atoms with Gasteiger partial charge in [0.2, 0.25) is 5.91 Å². The normalized spacial score (nSPS) is 13.1. The molecule has 2 amide bonds. The van der Waals surface area contributed by atoms with Crippen molar-refractivity contribution in [2.75, 3.05) is 6.54 Å². The molecular weight excluding hydrogens is 354 g/mol. The van der Waals surface area contributed by atoms with Gasteiger partial charge < -0.3 is 15.2 Å². The highest BCUT2D eigenvalue weighted by Gasteiger charge is 2.22. The Morgan fingerprint density at radius 1 is 1.18 bits per heavy atom. The maximum absolute atomic E-state index is 12.5. The lowest BCUT2D eigenvalue weighted by Gasteiger charge is -2.27. The predicted molar refractivity (Wildman–Crippen MR) is 105 cm³/mol. The number of carbonyl (C=O) groups excluding carboxylic acids is 2. The Morgan fingerprint density at radius 3 is 2.79 bits per heavy atom. The number of rotatable bonds is 5. The van der Waals surface area contributed by atoms with Crippen LogP contribution < -0.4 is 5.32 Å². The van der Waals surface area contributed by atoms with Crippen LogP contribution >= 0.6 is 0 Å². The van der Waals surface area contributed by atoms with Crippen molar-refractivity contribution in [1.29, 1.82) is 0 Å². The van der Waals surface area contributed by atoms with Crippen LogP contribution in [0.15, 0.2) is 61.3 Å². The van der Waals surface area contributed by atoms with Gasteiger partial charge in [-0.1, -0.05) is 36.9 Å². The zero-order chi connectivity index (χ0) is 19.5. The topological polar surface area (TPSA) is 83.0 Å². The molecular formula is C21H21N5O2. The molecule has 1 aliphatic heterocycles. The van der Waals surface area contributed by atoms with Gasteiger partial charge in [0.1, 0.15) is 5.69 Å². The second kappa shape index (κ2) is 7.56. The molecule has 0 saturated heterocycles. The Kier molecular flexibility index (Phi) is 4.80. The Labute approximate surface area is 162 Å². The number of H-pyrrole nitrogens is 1. The number of nitrogens with one attached hydrogen (secondary N) is 2. The molecule has 0 bridgehead atoms. The van der Waals surface area contributed by atoms with Crippen LogP contribution in [0.3, 0.4) is 0 Å². The fourth-order valence-corrected chi connectivity index (χ4v) is 3.35. The van der Waals surface area contributed by atoms with Crippen LogP contribution in [0.4, 0.5) is 0 Å². The zero-order valence-electron chi connectivity index (χ0n) is 15.4. The van der Waals surface area contributed by atoms with E-state index in [2.05, 4.69) is 22.0 Å². The molecule has 0 aliphatic carbocycles. The number of amides is 2. The van der Waals surface area contributed by atoms with Crippen LogP contribution in [0.1, 0.15) is 21.7 Å². The van der Waals surface area contributed by atoms with Gasteiger partial charge >= 0.3 is 0 Å². The molecule has 7 heteroatoms. The van der Waals surface area contributed by atoms with E-state index in [0.29, 0.717) is 31.9 Å². The summed E-state index contributed by atoms with van der Waals surface area (Å²) in [5, 5.41) is 7.29. The van der Waals surface area contributed by atoms with Crippen molar-refractivity contribution in [3.63, 3.8) is 0 Å². The highest BCUT2D eigenvalue weighted by atomic mass is 16.2. The van der Waals surface area contributed by atoms with Crippen LogP contribution in [0, 0.1) is 0 Å². The summed E-state index contributed by atoms with van der Waals surface area (Å²) in [5.74, 6) is -0.278. The standard InChI is InChI=1S/C21H21N5O2/c1-2-20(27)25-10-11-26-19(14-25)16(13-23-26)12-22-21(28)18-9-8-17(24-18)15-6-4-3-5-7-15/h2-9,13,24H,1,10-12,14H2,(H,22,28). The van der Waals surface area contributed by atoms with Crippen LogP contribution in [0.2, 0.25) is 0 Å². The molecule has 0 spiro atoms. The largest absolute Gasteiger partial charge is 0.351 e. The maximum Gasteiger partial charge on any atom is 0.267 e. The third-order valence-electron chi connectivity index (χ3n) is 4.90. The van der Waals surface area contributed by atoms with Gasteiger partial charge in [0.25, 0.3) is 5.91 Å². The molecule has 2 aromatic heterocycles. The number of fused-ring (bicyclic) bond motifs is 1. The van der Waals surface area contributed by atoms with Crippen LogP contribution in [0.5, 0.6) is 0 Å². The van der Waals surface area contributed by atoms with Crippen molar-refractivity contribution in [2.24, 2.45) is 0 Å². The summed E-state index contributed by atoms with van der Waals surface area (Å²) < 4.78 is 1.89. The maximum atomic E-state index is 12.5. The van der Waals surface area contributed by atoms with Crippen LogP contribution in [-0.4, -0.2) is 38.0 Å². The number of nitrogens with zero attached hydrogens (tertiary/aromatic N) is 3. The number of benzene rings is 1. The van der Waals surface area contributed by atoms with E-state index >= 15 is 0 Å². The molecule has 0 unspecified atom stereocenters. The lowest BCUT2D eigenvalue weighted by atomic mass is 10.2. The van der Waals surface area contributed by atoms with Crippen molar-refractivity contribution in [2.45, 2.75) is 19.6 Å². The van der Waals surface area contributed by atoms with E-state index in [1.807, 2.05) is 41.1 Å². The predicted octanol–water partition coefficient (Wildman–Crippen LogP) is 2.34. The van der Waals surface area contributed by atoms with Gasteiger partial charge in [0.05, 0.1) is 25.0 Å². The molecule has 1 aliphatic rings. The first-order chi connectivity index (χ1) is 13.7. The Balaban J connectivity index is 1.43. The molecule has 3 aromatic rings. The molecule has 0 radical (unpaired) electrons. The van der Waals surface area contributed by atoms with E-state index in [1.54, 1.807) is 17.2 Å². The number of hydrogen-bond donors (Lipinski definition) is 2. The van der Waals surface area contributed by atoms with Crippen molar-refractivity contribution >= 4 is 11.8 Å². The molecule has 4 rings (SSSR count). The molecule has 28 heavy (non-hydrogen) atoms. The van der Waals surface area contributed by atoms with Gasteiger partial charge in [-0.3, -0.25) is 14.3 Å². The zero-order valence-corrected chi connectivity index (χ0v) is 15.4. The summed E-state index contributed by atoms with van der Waals surface area (Å²) in [5.41, 5.74) is 4.28. The van der Waals surface area contributed by atoms with E-state index in [-0.39, 0.29) is 11.8 Å². The molecule has 2 N–H and O–H groups in total. The Bertz CT molecular complexity index is 1020. The quantitative estimate of drug-likeness (QED) is 0.672. The summed E-state index contributed by atoms with van der Waals surface area (Å²) in [4.78, 5) is 29.3. The first-order valence-corrected chi connectivity index (χ1v) is 9.13. The highest BCUT2D eigenvalue weighted by Crippen LogP contribution is 2.19. The molecule has 1 aromatic carbocycles. The monoisotopic (exact) mass is 375 g/mol. The van der Waals surface area contributed by atoms with E-state index in [1.165, 1.54) is 6.08 Å². The highest BCUT2D eigenvalue weighted by molar-refractivity contribution is 5.93. The first-order valence-electron chi connectivity index (χ1n) is 9.13. The first kappa shape index (κ1) is 17.8. The summed E-state index contributed by atoms with van der Waals surface area (Å²) in [7, 11) is 0. The van der Waals surface area contributed by atoms with Gasteiger partial charge in [-0.05, 0) is 23.8 Å². The smallest absolute Gasteiger partial charge is 0.267 e. The SMILES string of the molecule is C=CC(=O)N1CCn2ncc(CNC(=O)c3ccc(-c4ccccc4)[nH]3)c2C1. The van der Waals surface area contributed by atoms with Crippen molar-refractivity contribution in [3.8, 4) is 11.3 Å². The van der Waals surface area contributed by atoms with Gasteiger partial charge in [-0.15, -0.1) is 0 Å². The number of aromatic amines is 1. The summed E-state index contributed by atoms with van der Waals surface area (Å²) in [6.07, 6.45) is 3.07. The fraction of sp³-hybridized carbons (Fsp3) is 0.190. The van der Waals surface area contributed by atoms with Gasteiger partial charge in [0.15, 0.2) is 0 Å². The lowest BCUT2D eigenvalue weighted by Crippen LogP contribution is -2.38. The molecule has 3 heterocycles. The third-order valence-corrected chi connectivity index (χ3v) is 4.90. The van der Waals surface area contributed by atoms with E-state index in [0.717, 1.165) is 22.5 Å². The second-order valence-corrected chi connectivity index (χ2v) is 6.64. The average Bonchev–Trinajstić information content (AvgIpc) is 3.39. The van der Waals surface area contributed by atoms with Gasteiger partial charge in [-0.25, -0.2) is 0 Å². The molecule has 0 saturated carbocycles. The minimum absolute atomic E-state index is 0.0951. The number of aromatic nitrogens is 3. The van der Waals surface area contributed by atoms with Crippen molar-refractivity contribution in [3.05, 3.63) is 78.3 Å². The summed E-state index contributed by atoms with van der Waals surface area (Å²) in [6, 6.07) is 13.5. The third kappa shape index (κ3) is 3.46. The van der Waals surface area contributed by atoms with Gasteiger partial charge in [-0.2, -0.15) is 5.10 Å². The Hall–Kier alpha value is -3.61. The molecule has 0 fully saturated rings. The number of hydrogen-bond acceptors (Lipinski definition) is 3. The van der Waals surface area contributed by atoms with Crippen LogP contribution in [0.25, 0.3) is 11.3 Å². The van der Waals surface area contributed by atoms with Crippen molar-refractivity contribution in [1.82, 2.24) is 25.0 Å². The minimum Gasteiger partial charge on any atom is -0.351 e. The second-order valence-electron chi connectivity index (χ2n) is 6.64. The lowest BCUT2D eigenvalue weighted by molar-refractivity contribution is -0.127. The summed E-state index contributed by atoms with van der Waals surface area (Å²) in [6.45, 7) is 5.61. The van der Waals surface area contributed by atoms with Crippen LogP contribution in [-0.2, 0) is 24.4 Å². The van der Waals surface area contributed by atoms with E-state index in [9.17, 15) is 9.59 Å². The summed E-state index contributed by atoms with van der Waals surface area (Å²) >= 11 is 0. The van der Waals surface area contributed by atoms with Crippen molar-refractivity contribution < 1.29 is 9.59 Å². The molecule has 0 atom stereocenters. The van der Waals surface area contributed by atoms with E-state index in [4.69, 9.17) is 0 Å². The average molecular weight is 375 g/mol. The minimum atomic E-state index is -0.183. The fourth-order valence-electron chi connectivity index (χ4n) is 3.35. The van der Waals surface area contributed by atoms with E-state index < -0.39 is 0 Å². The Morgan fingerprint density at radius 2 is 2.00 bits per heavy atom. The number of carbonyl (C=O) groups is 2. The molecule has 142 valence electrons. The molecule has 7 nitrogen and oxygen atoms in total.